The van der Waals surface area contributed by atoms with Crippen molar-refractivity contribution in [1.82, 2.24) is 30.3 Å². The Labute approximate surface area is 192 Å². The molecule has 1 aliphatic heterocycles. The van der Waals surface area contributed by atoms with E-state index in [4.69, 9.17) is 0 Å². The van der Waals surface area contributed by atoms with E-state index >= 15 is 0 Å². The van der Waals surface area contributed by atoms with Gasteiger partial charge in [-0.15, -0.1) is 10.2 Å². The summed E-state index contributed by atoms with van der Waals surface area (Å²) in [5.74, 6) is 0.411. The molecular formula is C22H30N6O3S. The summed E-state index contributed by atoms with van der Waals surface area (Å²) in [6.07, 6.45) is 3.54. The number of thioether (sulfide) groups is 1. The van der Waals surface area contributed by atoms with E-state index in [1.165, 1.54) is 11.8 Å². The van der Waals surface area contributed by atoms with Gasteiger partial charge < -0.3 is 14.8 Å². The molecule has 0 spiro atoms. The zero-order chi connectivity index (χ0) is 22.9. The first-order valence-electron chi connectivity index (χ1n) is 11.0. The molecule has 1 aromatic heterocycles. The molecule has 3 rings (SSSR count). The maximum Gasteiger partial charge on any atom is 0.321 e. The molecular weight excluding hydrogens is 428 g/mol. The Bertz CT molecular complexity index is 933. The highest BCUT2D eigenvalue weighted by Crippen LogP contribution is 2.35. The molecule has 172 valence electrons. The fourth-order valence-electron chi connectivity index (χ4n) is 3.61. The Morgan fingerprint density at radius 1 is 1.12 bits per heavy atom. The van der Waals surface area contributed by atoms with Crippen molar-refractivity contribution in [2.75, 3.05) is 13.1 Å². The number of benzene rings is 1. The number of urea groups is 1. The first-order chi connectivity index (χ1) is 15.5. The van der Waals surface area contributed by atoms with Crippen molar-refractivity contribution < 1.29 is 14.4 Å². The third-order valence-corrected chi connectivity index (χ3v) is 6.49. The number of nitrogens with zero attached hydrogens (tertiary/aromatic N) is 4. The van der Waals surface area contributed by atoms with Crippen LogP contribution in [0.1, 0.15) is 56.2 Å². The lowest BCUT2D eigenvalue weighted by atomic mass is 10.1. The van der Waals surface area contributed by atoms with Crippen LogP contribution in [0.2, 0.25) is 0 Å². The zero-order valence-electron chi connectivity index (χ0n) is 18.5. The second-order valence-corrected chi connectivity index (χ2v) is 8.60. The van der Waals surface area contributed by atoms with Crippen LogP contribution in [0.25, 0.3) is 0 Å². The SMILES string of the molecule is CCNC(=O)NC(=O)[C@H](Sc1nnc(CN2CCCCCC2=O)n1CC)c1ccccc1. The Balaban J connectivity index is 1.82. The molecule has 0 bridgehead atoms. The zero-order valence-corrected chi connectivity index (χ0v) is 19.4. The number of nitrogens with one attached hydrogen (secondary N) is 2. The summed E-state index contributed by atoms with van der Waals surface area (Å²) < 4.78 is 1.93. The van der Waals surface area contributed by atoms with Crippen LogP contribution in [-0.4, -0.2) is 50.6 Å². The maximum atomic E-state index is 12.9. The van der Waals surface area contributed by atoms with Crippen molar-refractivity contribution in [2.45, 2.75) is 63.0 Å². The van der Waals surface area contributed by atoms with Gasteiger partial charge in [0, 0.05) is 26.1 Å². The van der Waals surface area contributed by atoms with Crippen LogP contribution in [0.5, 0.6) is 0 Å². The average Bonchev–Trinajstić information content (AvgIpc) is 3.05. The number of aromatic nitrogens is 3. The van der Waals surface area contributed by atoms with Crippen LogP contribution in [0.3, 0.4) is 0 Å². The second-order valence-electron chi connectivity index (χ2n) is 7.53. The van der Waals surface area contributed by atoms with Crippen LogP contribution in [0.4, 0.5) is 4.79 Å². The fraction of sp³-hybridized carbons (Fsp3) is 0.500. The van der Waals surface area contributed by atoms with E-state index in [0.29, 0.717) is 37.0 Å². The summed E-state index contributed by atoms with van der Waals surface area (Å²) in [5, 5.41) is 13.5. The highest BCUT2D eigenvalue weighted by Gasteiger charge is 2.27. The van der Waals surface area contributed by atoms with Gasteiger partial charge in [-0.2, -0.15) is 0 Å². The van der Waals surface area contributed by atoms with Crippen LogP contribution in [0.15, 0.2) is 35.5 Å². The Hall–Kier alpha value is -2.88. The molecule has 0 unspecified atom stereocenters. The topological polar surface area (TPSA) is 109 Å². The van der Waals surface area contributed by atoms with Gasteiger partial charge in [0.2, 0.25) is 11.8 Å². The summed E-state index contributed by atoms with van der Waals surface area (Å²) in [7, 11) is 0. The van der Waals surface area contributed by atoms with E-state index in [1.54, 1.807) is 6.92 Å². The number of imide groups is 1. The smallest absolute Gasteiger partial charge is 0.321 e. The molecule has 1 atom stereocenters. The minimum Gasteiger partial charge on any atom is -0.338 e. The number of carbonyl (C=O) groups is 3. The van der Waals surface area contributed by atoms with E-state index in [-0.39, 0.29) is 5.91 Å². The number of amides is 4. The number of rotatable bonds is 8. The average molecular weight is 459 g/mol. The third-order valence-electron chi connectivity index (χ3n) is 5.25. The van der Waals surface area contributed by atoms with Crippen molar-refractivity contribution in [3.05, 3.63) is 41.7 Å². The normalized spacial score (nSPS) is 15.2. The standard InChI is InChI=1S/C22H30N6O3S/c1-3-23-21(31)24-20(30)19(16-11-7-5-8-12-16)32-22-26-25-17(28(22)4-2)15-27-14-10-6-9-13-18(27)29/h5,7-8,11-12,19H,3-4,6,9-10,13-15H2,1-2H3,(H2,23,24,30,31)/t19-/m1/s1. The molecule has 2 aromatic rings. The van der Waals surface area contributed by atoms with Gasteiger partial charge in [0.05, 0.1) is 6.54 Å². The Kier molecular flexibility index (Phi) is 8.66. The monoisotopic (exact) mass is 458 g/mol. The largest absolute Gasteiger partial charge is 0.338 e. The van der Waals surface area contributed by atoms with Crippen LogP contribution in [-0.2, 0) is 22.7 Å². The van der Waals surface area contributed by atoms with Crippen LogP contribution in [0, 0.1) is 0 Å². The molecule has 1 aromatic carbocycles. The van der Waals surface area contributed by atoms with E-state index in [0.717, 1.165) is 31.4 Å². The molecule has 9 nitrogen and oxygen atoms in total. The third kappa shape index (κ3) is 6.09. The predicted molar refractivity (Wildman–Crippen MR) is 122 cm³/mol. The predicted octanol–water partition coefficient (Wildman–Crippen LogP) is 2.88. The van der Waals surface area contributed by atoms with E-state index in [2.05, 4.69) is 20.8 Å². The van der Waals surface area contributed by atoms with Crippen molar-refractivity contribution >= 4 is 29.6 Å². The van der Waals surface area contributed by atoms with Crippen molar-refractivity contribution in [2.24, 2.45) is 0 Å². The molecule has 32 heavy (non-hydrogen) atoms. The van der Waals surface area contributed by atoms with Gasteiger partial charge in [0.15, 0.2) is 11.0 Å². The van der Waals surface area contributed by atoms with Gasteiger partial charge in [0.1, 0.15) is 5.25 Å². The van der Waals surface area contributed by atoms with E-state index in [9.17, 15) is 14.4 Å². The van der Waals surface area contributed by atoms with Gasteiger partial charge in [-0.05, 0) is 32.3 Å². The van der Waals surface area contributed by atoms with Crippen molar-refractivity contribution in [1.29, 1.82) is 0 Å². The molecule has 10 heteroatoms. The Morgan fingerprint density at radius 2 is 1.91 bits per heavy atom. The summed E-state index contributed by atoms with van der Waals surface area (Å²) in [5.41, 5.74) is 0.759. The van der Waals surface area contributed by atoms with Crippen molar-refractivity contribution in [3.8, 4) is 0 Å². The highest BCUT2D eigenvalue weighted by molar-refractivity contribution is 8.00. The number of hydrogen-bond acceptors (Lipinski definition) is 6. The second kappa shape index (κ2) is 11.7. The first kappa shape index (κ1) is 23.8. The Morgan fingerprint density at radius 3 is 2.62 bits per heavy atom. The molecule has 0 saturated carbocycles. The van der Waals surface area contributed by atoms with Gasteiger partial charge in [-0.3, -0.25) is 14.9 Å². The summed E-state index contributed by atoms with van der Waals surface area (Å²) in [6, 6.07) is 8.73. The van der Waals surface area contributed by atoms with Gasteiger partial charge in [0.25, 0.3) is 0 Å². The summed E-state index contributed by atoms with van der Waals surface area (Å²) in [4.78, 5) is 39.1. The molecule has 4 amide bonds. The lowest BCUT2D eigenvalue weighted by Crippen LogP contribution is -2.41. The number of hydrogen-bond donors (Lipinski definition) is 2. The van der Waals surface area contributed by atoms with Gasteiger partial charge in [-0.25, -0.2) is 4.79 Å². The summed E-state index contributed by atoms with van der Waals surface area (Å²) >= 11 is 1.24. The first-order valence-corrected chi connectivity index (χ1v) is 11.9. The quantitative estimate of drug-likeness (QED) is 0.589. The van der Waals surface area contributed by atoms with Crippen LogP contribution >= 0.6 is 11.8 Å². The van der Waals surface area contributed by atoms with E-state index in [1.807, 2.05) is 46.7 Å². The molecule has 1 fully saturated rings. The van der Waals surface area contributed by atoms with Crippen LogP contribution < -0.4 is 10.6 Å². The highest BCUT2D eigenvalue weighted by atomic mass is 32.2. The molecule has 2 N–H and O–H groups in total. The summed E-state index contributed by atoms with van der Waals surface area (Å²) in [6.45, 7) is 5.92. The minimum atomic E-state index is -0.680. The molecule has 0 radical (unpaired) electrons. The lowest BCUT2D eigenvalue weighted by molar-refractivity contribution is -0.131. The van der Waals surface area contributed by atoms with Crippen molar-refractivity contribution in [3.63, 3.8) is 0 Å². The number of carbonyl (C=O) groups excluding carboxylic acids is 3. The maximum absolute atomic E-state index is 12.9. The van der Waals surface area contributed by atoms with E-state index < -0.39 is 17.2 Å². The molecule has 2 heterocycles. The minimum absolute atomic E-state index is 0.144. The molecule has 1 aliphatic rings. The van der Waals surface area contributed by atoms with Gasteiger partial charge >= 0.3 is 6.03 Å². The molecule has 1 saturated heterocycles. The van der Waals surface area contributed by atoms with Gasteiger partial charge in [-0.1, -0.05) is 48.5 Å². The fourth-order valence-corrected chi connectivity index (χ4v) is 4.73. The lowest BCUT2D eigenvalue weighted by Gasteiger charge is -2.20. The molecule has 0 aliphatic carbocycles. The number of likely N-dealkylation sites (tertiary alicyclic amines) is 1.